The summed E-state index contributed by atoms with van der Waals surface area (Å²) in [6, 6.07) is 3.90. The van der Waals surface area contributed by atoms with Crippen LogP contribution < -0.4 is 5.73 Å². The van der Waals surface area contributed by atoms with Crippen molar-refractivity contribution in [1.29, 1.82) is 0 Å². The van der Waals surface area contributed by atoms with Crippen molar-refractivity contribution in [3.63, 3.8) is 0 Å². The molecule has 0 heterocycles. The third-order valence-electron chi connectivity index (χ3n) is 2.97. The van der Waals surface area contributed by atoms with Gasteiger partial charge >= 0.3 is 0 Å². The summed E-state index contributed by atoms with van der Waals surface area (Å²) in [4.78, 5) is 0. The fourth-order valence-corrected chi connectivity index (χ4v) is 2.83. The molecule has 0 bridgehead atoms. The summed E-state index contributed by atoms with van der Waals surface area (Å²) in [5.41, 5.74) is 7.76. The number of aryl methyl sites for hydroxylation is 2. The van der Waals surface area contributed by atoms with E-state index in [0.29, 0.717) is 12.0 Å². The Bertz CT molecular complexity index is 384. The Morgan fingerprint density at radius 2 is 2.17 bits per heavy atom. The highest BCUT2D eigenvalue weighted by atomic mass is 35.5. The summed E-state index contributed by atoms with van der Waals surface area (Å²) >= 11 is 7.66. The Hall–Kier alpha value is -0.250. The van der Waals surface area contributed by atoms with E-state index in [1.54, 1.807) is 17.8 Å². The summed E-state index contributed by atoms with van der Waals surface area (Å²) in [7, 11) is 0. The molecule has 0 spiro atoms. The van der Waals surface area contributed by atoms with Crippen LogP contribution in [0.3, 0.4) is 0 Å². The highest BCUT2D eigenvalue weighted by Gasteiger charge is 2.08. The van der Waals surface area contributed by atoms with Crippen LogP contribution in [0.25, 0.3) is 0 Å². The Labute approximate surface area is 118 Å². The molecule has 1 nitrogen and oxygen atoms in total. The maximum absolute atomic E-state index is 13.6. The van der Waals surface area contributed by atoms with E-state index in [-0.39, 0.29) is 16.9 Å². The SMILES string of the molecule is CCc1cc(CCC[C@@H](N)CSC)cc(Cl)c1F. The highest BCUT2D eigenvalue weighted by molar-refractivity contribution is 7.98. The molecule has 4 heteroatoms. The van der Waals surface area contributed by atoms with Gasteiger partial charge in [0.2, 0.25) is 0 Å². The van der Waals surface area contributed by atoms with Crippen molar-refractivity contribution in [3.8, 4) is 0 Å². The van der Waals surface area contributed by atoms with Gasteiger partial charge in [0.05, 0.1) is 5.02 Å². The third kappa shape index (κ3) is 4.79. The van der Waals surface area contributed by atoms with E-state index in [9.17, 15) is 4.39 Å². The quantitative estimate of drug-likeness (QED) is 0.819. The molecule has 0 aliphatic heterocycles. The molecular formula is C14H21ClFNS. The van der Waals surface area contributed by atoms with E-state index in [0.717, 1.165) is 30.6 Å². The minimum absolute atomic E-state index is 0.234. The second-order valence-corrected chi connectivity index (χ2v) is 5.83. The number of nitrogens with two attached hydrogens (primary N) is 1. The fourth-order valence-electron chi connectivity index (χ4n) is 1.98. The summed E-state index contributed by atoms with van der Waals surface area (Å²) in [6.07, 6.45) is 5.66. The molecule has 18 heavy (non-hydrogen) atoms. The molecule has 1 atom stereocenters. The lowest BCUT2D eigenvalue weighted by Gasteiger charge is -2.11. The molecule has 0 aliphatic carbocycles. The van der Waals surface area contributed by atoms with Crippen molar-refractivity contribution in [1.82, 2.24) is 0 Å². The molecule has 0 amide bonds. The van der Waals surface area contributed by atoms with Gasteiger partial charge < -0.3 is 5.73 Å². The molecule has 0 saturated heterocycles. The number of hydrogen-bond donors (Lipinski definition) is 1. The second-order valence-electron chi connectivity index (χ2n) is 4.51. The van der Waals surface area contributed by atoms with E-state index in [1.165, 1.54) is 0 Å². The molecule has 2 N–H and O–H groups in total. The first-order valence-corrected chi connectivity index (χ1v) is 8.07. The molecule has 1 rings (SSSR count). The monoisotopic (exact) mass is 289 g/mol. The predicted octanol–water partition coefficient (Wildman–Crippen LogP) is 4.05. The highest BCUT2D eigenvalue weighted by Crippen LogP contribution is 2.22. The third-order valence-corrected chi connectivity index (χ3v) is 4.00. The maximum Gasteiger partial charge on any atom is 0.144 e. The van der Waals surface area contributed by atoms with Gasteiger partial charge in [-0.3, -0.25) is 0 Å². The first-order chi connectivity index (χ1) is 8.58. The average Bonchev–Trinajstić information content (AvgIpc) is 2.33. The van der Waals surface area contributed by atoms with Gasteiger partial charge in [0.25, 0.3) is 0 Å². The van der Waals surface area contributed by atoms with Crippen LogP contribution in [0.1, 0.15) is 30.9 Å². The zero-order chi connectivity index (χ0) is 13.5. The van der Waals surface area contributed by atoms with Gasteiger partial charge in [-0.25, -0.2) is 4.39 Å². The van der Waals surface area contributed by atoms with Crippen molar-refractivity contribution in [3.05, 3.63) is 34.1 Å². The number of rotatable bonds is 7. The van der Waals surface area contributed by atoms with E-state index in [1.807, 2.05) is 13.0 Å². The van der Waals surface area contributed by atoms with Crippen LogP contribution in [-0.4, -0.2) is 18.1 Å². The Morgan fingerprint density at radius 1 is 1.44 bits per heavy atom. The predicted molar refractivity (Wildman–Crippen MR) is 80.1 cm³/mol. The zero-order valence-corrected chi connectivity index (χ0v) is 12.6. The van der Waals surface area contributed by atoms with Gasteiger partial charge in [0.1, 0.15) is 5.82 Å². The molecule has 0 aromatic heterocycles. The lowest BCUT2D eigenvalue weighted by atomic mass is 10.0. The van der Waals surface area contributed by atoms with Crippen LogP contribution in [0, 0.1) is 5.82 Å². The topological polar surface area (TPSA) is 26.0 Å². The lowest BCUT2D eigenvalue weighted by molar-refractivity contribution is 0.607. The van der Waals surface area contributed by atoms with Crippen LogP contribution in [0.5, 0.6) is 0 Å². The lowest BCUT2D eigenvalue weighted by Crippen LogP contribution is -2.22. The smallest absolute Gasteiger partial charge is 0.144 e. The number of thioether (sulfide) groups is 1. The fraction of sp³-hybridized carbons (Fsp3) is 0.571. The van der Waals surface area contributed by atoms with Gasteiger partial charge in [-0.15, -0.1) is 0 Å². The zero-order valence-electron chi connectivity index (χ0n) is 11.0. The van der Waals surface area contributed by atoms with Crippen molar-refractivity contribution in [2.45, 2.75) is 38.6 Å². The minimum Gasteiger partial charge on any atom is -0.327 e. The maximum atomic E-state index is 13.6. The Kier molecular flexibility index (Phi) is 7.05. The van der Waals surface area contributed by atoms with Crippen LogP contribution in [0.4, 0.5) is 4.39 Å². The normalized spacial score (nSPS) is 12.7. The Balaban J connectivity index is 2.55. The average molecular weight is 290 g/mol. The van der Waals surface area contributed by atoms with Gasteiger partial charge in [0, 0.05) is 11.8 Å². The van der Waals surface area contributed by atoms with Gasteiger partial charge in [0.15, 0.2) is 0 Å². The van der Waals surface area contributed by atoms with E-state index in [2.05, 4.69) is 6.26 Å². The van der Waals surface area contributed by atoms with E-state index in [4.69, 9.17) is 17.3 Å². The van der Waals surface area contributed by atoms with E-state index >= 15 is 0 Å². The van der Waals surface area contributed by atoms with Crippen LogP contribution in [0.2, 0.25) is 5.02 Å². The number of hydrogen-bond acceptors (Lipinski definition) is 2. The summed E-state index contributed by atoms with van der Waals surface area (Å²) in [5, 5.41) is 0.234. The van der Waals surface area contributed by atoms with Crippen molar-refractivity contribution in [2.24, 2.45) is 5.73 Å². The van der Waals surface area contributed by atoms with Gasteiger partial charge in [-0.2, -0.15) is 11.8 Å². The summed E-state index contributed by atoms with van der Waals surface area (Å²) in [5.74, 6) is 0.715. The summed E-state index contributed by atoms with van der Waals surface area (Å²) < 4.78 is 13.6. The second kappa shape index (κ2) is 8.03. The minimum atomic E-state index is -0.276. The first kappa shape index (κ1) is 15.8. The van der Waals surface area contributed by atoms with Crippen LogP contribution >= 0.6 is 23.4 Å². The number of halogens is 2. The molecule has 1 aromatic carbocycles. The van der Waals surface area contributed by atoms with Crippen LogP contribution in [0.15, 0.2) is 12.1 Å². The van der Waals surface area contributed by atoms with Crippen LogP contribution in [-0.2, 0) is 12.8 Å². The molecule has 0 unspecified atom stereocenters. The van der Waals surface area contributed by atoms with E-state index < -0.39 is 0 Å². The van der Waals surface area contributed by atoms with Crippen molar-refractivity contribution in [2.75, 3.05) is 12.0 Å². The number of benzene rings is 1. The molecule has 0 aliphatic rings. The van der Waals surface area contributed by atoms with Gasteiger partial charge in [-0.1, -0.05) is 24.6 Å². The first-order valence-electron chi connectivity index (χ1n) is 6.29. The molecule has 102 valence electrons. The largest absolute Gasteiger partial charge is 0.327 e. The molecule has 0 fully saturated rings. The molecular weight excluding hydrogens is 269 g/mol. The molecule has 0 saturated carbocycles. The van der Waals surface area contributed by atoms with Crippen molar-refractivity contribution < 1.29 is 4.39 Å². The molecule has 0 radical (unpaired) electrons. The standard InChI is InChI=1S/C14H21ClFNS/c1-3-11-7-10(8-13(15)14(11)16)5-4-6-12(17)9-18-2/h7-8,12H,3-6,9,17H2,1-2H3/t12-/m1/s1. The van der Waals surface area contributed by atoms with Crippen molar-refractivity contribution >= 4 is 23.4 Å². The Morgan fingerprint density at radius 3 is 2.78 bits per heavy atom. The molecule has 1 aromatic rings. The summed E-state index contributed by atoms with van der Waals surface area (Å²) in [6.45, 7) is 1.94. The van der Waals surface area contributed by atoms with Gasteiger partial charge in [-0.05, 0) is 49.1 Å².